The fourth-order valence-corrected chi connectivity index (χ4v) is 3.45. The molecule has 0 bridgehead atoms. The molecule has 12 heteroatoms. The van der Waals surface area contributed by atoms with Gasteiger partial charge in [-0.1, -0.05) is 0 Å². The van der Waals surface area contributed by atoms with E-state index in [1.165, 1.54) is 30.5 Å². The monoisotopic (exact) mass is 490 g/mol. The lowest BCUT2D eigenvalue weighted by Crippen LogP contribution is -2.40. The van der Waals surface area contributed by atoms with Crippen molar-refractivity contribution in [1.82, 2.24) is 19.9 Å². The number of imidazole rings is 1. The minimum Gasteiger partial charge on any atom is -0.488 e. The van der Waals surface area contributed by atoms with Gasteiger partial charge in [0.2, 0.25) is 0 Å². The van der Waals surface area contributed by atoms with Crippen LogP contribution in [0.5, 0.6) is 5.75 Å². The van der Waals surface area contributed by atoms with Crippen molar-refractivity contribution in [2.24, 2.45) is 0 Å². The molecule has 3 N–H and O–H groups in total. The highest BCUT2D eigenvalue weighted by Gasteiger charge is 2.18. The highest BCUT2D eigenvalue weighted by atomic mass is 19.2. The number of nitrogens with zero attached hydrogens (tertiary/aromatic N) is 1. The maximum atomic E-state index is 14.5. The fourth-order valence-electron chi connectivity index (χ4n) is 3.45. The van der Waals surface area contributed by atoms with E-state index < -0.39 is 46.5 Å². The molecule has 0 aliphatic heterocycles. The molecule has 0 saturated carbocycles. The number of pyridine rings is 1. The van der Waals surface area contributed by atoms with Crippen LogP contribution in [-0.4, -0.2) is 33.1 Å². The van der Waals surface area contributed by atoms with Gasteiger partial charge in [0.15, 0.2) is 29.0 Å². The van der Waals surface area contributed by atoms with Crippen LogP contribution in [0.15, 0.2) is 52.2 Å². The van der Waals surface area contributed by atoms with Crippen molar-refractivity contribution in [3.8, 4) is 5.75 Å². The molecule has 2 heterocycles. The van der Waals surface area contributed by atoms with Gasteiger partial charge in [-0.3, -0.25) is 9.59 Å². The maximum Gasteiger partial charge on any atom is 0.323 e. The molecule has 1 atom stereocenters. The molecule has 0 saturated heterocycles. The van der Waals surface area contributed by atoms with Crippen molar-refractivity contribution < 1.29 is 27.1 Å². The molecule has 182 valence electrons. The number of carbonyl (C=O) groups is 1. The number of benzene rings is 2. The summed E-state index contributed by atoms with van der Waals surface area (Å²) in [6.45, 7) is 1.12. The number of nitrogens with one attached hydrogen (secondary N) is 3. The van der Waals surface area contributed by atoms with Gasteiger partial charge in [-0.25, -0.2) is 22.4 Å². The van der Waals surface area contributed by atoms with Gasteiger partial charge < -0.3 is 24.6 Å². The van der Waals surface area contributed by atoms with Gasteiger partial charge in [0.1, 0.15) is 17.7 Å². The minimum atomic E-state index is -1.62. The maximum absolute atomic E-state index is 14.5. The summed E-state index contributed by atoms with van der Waals surface area (Å²) >= 11 is 0. The number of aromatic amines is 2. The molecule has 1 amide bonds. The lowest BCUT2D eigenvalue weighted by molar-refractivity contribution is 0.0924. The zero-order chi connectivity index (χ0) is 25.3. The molecule has 35 heavy (non-hydrogen) atoms. The van der Waals surface area contributed by atoms with Crippen LogP contribution in [0.3, 0.4) is 0 Å². The number of hydrogen-bond acceptors (Lipinski definition) is 4. The summed E-state index contributed by atoms with van der Waals surface area (Å²) in [4.78, 5) is 41.4. The molecule has 2 aromatic carbocycles. The summed E-state index contributed by atoms with van der Waals surface area (Å²) in [5, 5.41) is 2.55. The van der Waals surface area contributed by atoms with Crippen LogP contribution >= 0.6 is 0 Å². The molecule has 0 spiro atoms. The first kappa shape index (κ1) is 23.8. The predicted octanol–water partition coefficient (Wildman–Crippen LogP) is 2.82. The number of H-pyrrole nitrogens is 2. The Balaban J connectivity index is 1.44. The average molecular weight is 490 g/mol. The van der Waals surface area contributed by atoms with Crippen molar-refractivity contribution >= 4 is 16.9 Å². The Kier molecular flexibility index (Phi) is 6.45. The van der Waals surface area contributed by atoms with E-state index in [1.54, 1.807) is 6.92 Å². The molecule has 0 aliphatic carbocycles. The summed E-state index contributed by atoms with van der Waals surface area (Å²) in [5.74, 6) is -6.08. The molecule has 0 radical (unpaired) electrons. The third kappa shape index (κ3) is 4.95. The number of ether oxygens (including phenoxy) is 1. The molecule has 0 fully saturated rings. The molecule has 2 aromatic heterocycles. The Labute approximate surface area is 194 Å². The van der Waals surface area contributed by atoms with Gasteiger partial charge in [0.25, 0.3) is 11.5 Å². The first-order valence-electron chi connectivity index (χ1n) is 10.3. The lowest BCUT2D eigenvalue weighted by atomic mass is 10.2. The molecule has 4 rings (SSSR count). The smallest absolute Gasteiger partial charge is 0.323 e. The number of fused-ring (bicyclic) bond motifs is 1. The first-order chi connectivity index (χ1) is 16.6. The largest absolute Gasteiger partial charge is 0.488 e. The van der Waals surface area contributed by atoms with Crippen LogP contribution in [0.1, 0.15) is 22.8 Å². The number of aromatic nitrogens is 3. The van der Waals surface area contributed by atoms with E-state index in [0.717, 1.165) is 16.7 Å². The topological polar surface area (TPSA) is 109 Å². The van der Waals surface area contributed by atoms with Crippen molar-refractivity contribution in [2.45, 2.75) is 19.5 Å². The van der Waals surface area contributed by atoms with Gasteiger partial charge in [0.05, 0.1) is 18.1 Å². The van der Waals surface area contributed by atoms with Crippen molar-refractivity contribution in [3.05, 3.63) is 97.8 Å². The summed E-state index contributed by atoms with van der Waals surface area (Å²) in [6.07, 6.45) is 1.31. The Morgan fingerprint density at radius 1 is 1.06 bits per heavy atom. The number of carbonyl (C=O) groups excluding carboxylic acids is 1. The zero-order valence-electron chi connectivity index (χ0n) is 18.1. The Morgan fingerprint density at radius 3 is 2.49 bits per heavy atom. The van der Waals surface area contributed by atoms with Crippen molar-refractivity contribution in [1.29, 1.82) is 0 Å². The van der Waals surface area contributed by atoms with Gasteiger partial charge >= 0.3 is 5.69 Å². The molecule has 0 aliphatic rings. The highest BCUT2D eigenvalue weighted by molar-refractivity contribution is 5.94. The highest BCUT2D eigenvalue weighted by Crippen LogP contribution is 2.23. The minimum absolute atomic E-state index is 0.00871. The number of halogens is 4. The third-order valence-corrected chi connectivity index (χ3v) is 5.12. The second-order valence-electron chi connectivity index (χ2n) is 7.79. The average Bonchev–Trinajstić information content (AvgIpc) is 3.19. The number of amides is 1. The molecular weight excluding hydrogens is 472 g/mol. The lowest BCUT2D eigenvalue weighted by Gasteiger charge is -2.16. The number of hydrogen-bond donors (Lipinski definition) is 3. The van der Waals surface area contributed by atoms with Gasteiger partial charge in [-0.05, 0) is 48.9 Å². The third-order valence-electron chi connectivity index (χ3n) is 5.12. The standard InChI is InChI=1S/C23H18F4N4O4/c1-11(10-35-17-5-4-16-20(19(17)27)30-23(34)29-16)28-21(32)13-3-2-6-31(22(13)33)9-12-7-14(24)18(26)15(25)8-12/h2-8,11H,9-10H2,1H3,(H,28,32)(H2,29,30,34)/t11-/m1/s1. The van der Waals surface area contributed by atoms with Gasteiger partial charge in [-0.2, -0.15) is 0 Å². The Hall–Kier alpha value is -4.35. The Morgan fingerprint density at radius 2 is 1.77 bits per heavy atom. The Bertz CT molecular complexity index is 1520. The molecule has 8 nitrogen and oxygen atoms in total. The SMILES string of the molecule is C[C@H](COc1ccc2[nH]c(=O)[nH]c2c1F)NC(=O)c1cccn(Cc2cc(F)c(F)c(F)c2)c1=O. The summed E-state index contributed by atoms with van der Waals surface area (Å²) < 4.78 is 61.1. The van der Waals surface area contributed by atoms with Crippen LogP contribution in [-0.2, 0) is 6.54 Å². The second kappa shape index (κ2) is 9.49. The van der Waals surface area contributed by atoms with Crippen LogP contribution in [0, 0.1) is 23.3 Å². The van der Waals surface area contributed by atoms with Crippen molar-refractivity contribution in [2.75, 3.05) is 6.61 Å². The fraction of sp³-hybridized carbons (Fsp3) is 0.174. The molecule has 4 aromatic rings. The first-order valence-corrected chi connectivity index (χ1v) is 10.3. The predicted molar refractivity (Wildman–Crippen MR) is 117 cm³/mol. The summed E-state index contributed by atoms with van der Waals surface area (Å²) in [7, 11) is 0. The van der Waals surface area contributed by atoms with E-state index in [0.29, 0.717) is 0 Å². The van der Waals surface area contributed by atoms with E-state index >= 15 is 0 Å². The van der Waals surface area contributed by atoms with Crippen LogP contribution in [0.4, 0.5) is 17.6 Å². The van der Waals surface area contributed by atoms with E-state index in [1.807, 2.05) is 0 Å². The van der Waals surface area contributed by atoms with E-state index in [4.69, 9.17) is 4.74 Å². The zero-order valence-corrected chi connectivity index (χ0v) is 18.1. The normalized spacial score (nSPS) is 12.0. The summed E-state index contributed by atoms with van der Waals surface area (Å²) in [5.41, 5.74) is -1.34. The van der Waals surface area contributed by atoms with Crippen LogP contribution < -0.4 is 21.3 Å². The summed E-state index contributed by atoms with van der Waals surface area (Å²) in [6, 6.07) is 6.32. The van der Waals surface area contributed by atoms with Crippen molar-refractivity contribution in [3.63, 3.8) is 0 Å². The van der Waals surface area contributed by atoms with E-state index in [9.17, 15) is 31.9 Å². The van der Waals surface area contributed by atoms with E-state index in [2.05, 4.69) is 15.3 Å². The number of rotatable bonds is 7. The van der Waals surface area contributed by atoms with Gasteiger partial charge in [0, 0.05) is 6.20 Å². The quantitative estimate of drug-likeness (QED) is 0.274. The van der Waals surface area contributed by atoms with Crippen LogP contribution in [0.2, 0.25) is 0 Å². The second-order valence-corrected chi connectivity index (χ2v) is 7.79. The molecule has 0 unspecified atom stereocenters. The van der Waals surface area contributed by atoms with Gasteiger partial charge in [-0.15, -0.1) is 0 Å². The van der Waals surface area contributed by atoms with Crippen LogP contribution in [0.25, 0.3) is 11.0 Å². The van der Waals surface area contributed by atoms with E-state index in [-0.39, 0.29) is 41.1 Å². The molecular formula is C23H18F4N4O4.